The first-order valence-electron chi connectivity index (χ1n) is 7.15. The molecular weight excluding hydrogens is 250 g/mol. The Balaban J connectivity index is 2.14. The van der Waals surface area contributed by atoms with Crippen LogP contribution in [0, 0.1) is 0 Å². The molecule has 2 heterocycles. The molecule has 1 aromatic heterocycles. The number of ether oxygens (including phenoxy) is 1. The second-order valence-corrected chi connectivity index (χ2v) is 5.51. The molecule has 1 aliphatic heterocycles. The molecule has 1 aliphatic rings. The number of hydrogen-bond acceptors (Lipinski definition) is 3. The lowest BCUT2D eigenvalue weighted by molar-refractivity contribution is 0.180. The van der Waals surface area contributed by atoms with Crippen LogP contribution in [-0.4, -0.2) is 23.4 Å². The fourth-order valence-corrected chi connectivity index (χ4v) is 2.84. The third-order valence-electron chi connectivity index (χ3n) is 3.80. The quantitative estimate of drug-likeness (QED) is 0.928. The Hall–Kier alpha value is -1.81. The van der Waals surface area contributed by atoms with E-state index in [1.807, 2.05) is 4.68 Å². The number of methoxy groups -OCH3 is 1. The minimum Gasteiger partial charge on any atom is -0.378 e. The van der Waals surface area contributed by atoms with Crippen LogP contribution in [-0.2, 0) is 17.8 Å². The molecule has 3 rings (SSSR count). The van der Waals surface area contributed by atoms with E-state index < -0.39 is 0 Å². The van der Waals surface area contributed by atoms with E-state index in [1.165, 1.54) is 11.1 Å². The van der Waals surface area contributed by atoms with E-state index in [2.05, 4.69) is 43.4 Å². The highest BCUT2D eigenvalue weighted by molar-refractivity contribution is 5.58. The van der Waals surface area contributed by atoms with Gasteiger partial charge in [0.15, 0.2) is 0 Å². The maximum absolute atomic E-state index is 5.28. The number of hydrogen-bond donors (Lipinski definition) is 1. The summed E-state index contributed by atoms with van der Waals surface area (Å²) in [6.07, 6.45) is 1.03. The van der Waals surface area contributed by atoms with Crippen molar-refractivity contribution < 1.29 is 4.74 Å². The summed E-state index contributed by atoms with van der Waals surface area (Å²) in [6.45, 7) is 5.98. The fraction of sp³-hybridized carbons (Fsp3) is 0.438. The lowest BCUT2D eigenvalue weighted by Gasteiger charge is -2.14. The van der Waals surface area contributed by atoms with Crippen molar-refractivity contribution in [1.29, 1.82) is 0 Å². The Kier molecular flexibility index (Phi) is 3.49. The zero-order chi connectivity index (χ0) is 14.1. The van der Waals surface area contributed by atoms with Gasteiger partial charge < -0.3 is 10.1 Å². The molecule has 0 bridgehead atoms. The molecular formula is C16H21N3O. The van der Waals surface area contributed by atoms with Crippen molar-refractivity contribution in [3.63, 3.8) is 0 Å². The highest BCUT2D eigenvalue weighted by atomic mass is 16.5. The number of nitrogens with zero attached hydrogens (tertiary/aromatic N) is 2. The van der Waals surface area contributed by atoms with Gasteiger partial charge in [-0.2, -0.15) is 5.10 Å². The lowest BCUT2D eigenvalue weighted by atomic mass is 10.0. The number of nitrogens with one attached hydrogen (secondary N) is 1. The number of rotatable bonds is 4. The molecule has 0 spiro atoms. The molecule has 20 heavy (non-hydrogen) atoms. The van der Waals surface area contributed by atoms with Gasteiger partial charge in [0.25, 0.3) is 0 Å². The van der Waals surface area contributed by atoms with E-state index >= 15 is 0 Å². The molecule has 0 radical (unpaired) electrons. The number of aromatic nitrogens is 2. The van der Waals surface area contributed by atoms with E-state index in [0.717, 1.165) is 30.2 Å². The smallest absolute Gasteiger partial charge is 0.133 e. The number of fused-ring (bicyclic) bond motifs is 1. The highest BCUT2D eigenvalue weighted by Gasteiger charge is 2.24. The Morgan fingerprint density at radius 2 is 2.15 bits per heavy atom. The third kappa shape index (κ3) is 2.10. The predicted molar refractivity (Wildman–Crippen MR) is 80.6 cm³/mol. The zero-order valence-corrected chi connectivity index (χ0v) is 12.3. The summed E-state index contributed by atoms with van der Waals surface area (Å²) in [5.74, 6) is 1.60. The van der Waals surface area contributed by atoms with E-state index in [9.17, 15) is 0 Å². The van der Waals surface area contributed by atoms with E-state index in [0.29, 0.717) is 12.5 Å². The van der Waals surface area contributed by atoms with Gasteiger partial charge in [-0.05, 0) is 24.0 Å². The summed E-state index contributed by atoms with van der Waals surface area (Å²) in [4.78, 5) is 0. The van der Waals surface area contributed by atoms with Crippen LogP contribution in [0.2, 0.25) is 0 Å². The third-order valence-corrected chi connectivity index (χ3v) is 3.80. The second kappa shape index (κ2) is 5.29. The van der Waals surface area contributed by atoms with Crippen molar-refractivity contribution in [2.24, 2.45) is 0 Å². The van der Waals surface area contributed by atoms with Gasteiger partial charge >= 0.3 is 0 Å². The summed E-state index contributed by atoms with van der Waals surface area (Å²) in [7, 11) is 1.72. The van der Waals surface area contributed by atoms with Crippen molar-refractivity contribution in [3.8, 4) is 5.69 Å². The van der Waals surface area contributed by atoms with Gasteiger partial charge in [-0.3, -0.25) is 0 Å². The van der Waals surface area contributed by atoms with Crippen LogP contribution in [0.1, 0.15) is 36.6 Å². The molecule has 0 saturated heterocycles. The summed E-state index contributed by atoms with van der Waals surface area (Å²) in [6, 6.07) is 8.48. The first-order valence-corrected chi connectivity index (χ1v) is 7.15. The topological polar surface area (TPSA) is 39.1 Å². The van der Waals surface area contributed by atoms with Gasteiger partial charge in [-0.25, -0.2) is 4.68 Å². The monoisotopic (exact) mass is 271 g/mol. The molecule has 1 N–H and O–H groups in total. The number of benzene rings is 1. The van der Waals surface area contributed by atoms with Crippen molar-refractivity contribution >= 4 is 5.82 Å². The van der Waals surface area contributed by atoms with Gasteiger partial charge in [0.05, 0.1) is 18.0 Å². The van der Waals surface area contributed by atoms with Crippen LogP contribution in [0.15, 0.2) is 24.3 Å². The molecule has 1 aromatic carbocycles. The van der Waals surface area contributed by atoms with Gasteiger partial charge in [0, 0.05) is 19.2 Å². The van der Waals surface area contributed by atoms with Crippen LogP contribution in [0.4, 0.5) is 5.82 Å². The van der Waals surface area contributed by atoms with Crippen molar-refractivity contribution in [2.75, 3.05) is 19.0 Å². The summed E-state index contributed by atoms with van der Waals surface area (Å²) >= 11 is 0. The maximum Gasteiger partial charge on any atom is 0.133 e. The first kappa shape index (κ1) is 13.2. The van der Waals surface area contributed by atoms with Crippen LogP contribution in [0.3, 0.4) is 0 Å². The average molecular weight is 271 g/mol. The van der Waals surface area contributed by atoms with Crippen molar-refractivity contribution in [1.82, 2.24) is 9.78 Å². The molecule has 4 nitrogen and oxygen atoms in total. The van der Waals surface area contributed by atoms with E-state index in [1.54, 1.807) is 7.11 Å². The Morgan fingerprint density at radius 3 is 2.90 bits per heavy atom. The largest absolute Gasteiger partial charge is 0.378 e. The normalized spacial score (nSPS) is 13.6. The molecule has 0 amide bonds. The molecule has 4 heteroatoms. The molecule has 2 aromatic rings. The van der Waals surface area contributed by atoms with Gasteiger partial charge in [0.2, 0.25) is 0 Å². The van der Waals surface area contributed by atoms with Crippen LogP contribution in [0.25, 0.3) is 5.69 Å². The molecule has 106 valence electrons. The van der Waals surface area contributed by atoms with E-state index in [-0.39, 0.29) is 0 Å². The van der Waals surface area contributed by atoms with Gasteiger partial charge in [-0.1, -0.05) is 32.0 Å². The van der Waals surface area contributed by atoms with Crippen LogP contribution < -0.4 is 5.32 Å². The average Bonchev–Trinajstić information content (AvgIpc) is 3.03. The minimum atomic E-state index is 0.471. The summed E-state index contributed by atoms with van der Waals surface area (Å²) in [5.41, 5.74) is 4.82. The molecule has 0 unspecified atom stereocenters. The van der Waals surface area contributed by atoms with Gasteiger partial charge in [0.1, 0.15) is 5.82 Å². The minimum absolute atomic E-state index is 0.471. The fourth-order valence-electron chi connectivity index (χ4n) is 2.84. The second-order valence-electron chi connectivity index (χ2n) is 5.51. The molecule has 0 saturated carbocycles. The maximum atomic E-state index is 5.28. The number of anilines is 1. The first-order chi connectivity index (χ1) is 9.72. The Labute approximate surface area is 119 Å². The molecule has 0 fully saturated rings. The predicted octanol–water partition coefficient (Wildman–Crippen LogP) is 3.11. The lowest BCUT2D eigenvalue weighted by Crippen LogP contribution is -2.08. The zero-order valence-electron chi connectivity index (χ0n) is 12.3. The molecule has 0 aliphatic carbocycles. The van der Waals surface area contributed by atoms with E-state index in [4.69, 9.17) is 9.84 Å². The Morgan fingerprint density at radius 1 is 1.35 bits per heavy atom. The molecule has 0 atom stereocenters. The van der Waals surface area contributed by atoms with Crippen molar-refractivity contribution in [2.45, 2.75) is 32.8 Å². The Bertz CT molecular complexity index is 616. The standard InChI is InChI=1S/C16H21N3O/c1-11(2)12-6-4-5-7-15(12)19-16-13(8-9-17-16)14(18-19)10-20-3/h4-7,11,17H,8-10H2,1-3H3. The van der Waals surface area contributed by atoms with Crippen LogP contribution in [0.5, 0.6) is 0 Å². The van der Waals surface area contributed by atoms with Crippen molar-refractivity contribution in [3.05, 3.63) is 41.1 Å². The summed E-state index contributed by atoms with van der Waals surface area (Å²) in [5, 5.41) is 8.22. The summed E-state index contributed by atoms with van der Waals surface area (Å²) < 4.78 is 7.32. The van der Waals surface area contributed by atoms with Crippen LogP contribution >= 0.6 is 0 Å². The number of para-hydroxylation sites is 1. The van der Waals surface area contributed by atoms with Gasteiger partial charge in [-0.15, -0.1) is 0 Å². The SMILES string of the molecule is COCc1nn(-c2ccccc2C(C)C)c2c1CCN2. The highest BCUT2D eigenvalue weighted by Crippen LogP contribution is 2.32.